The molecule has 0 heterocycles. The van der Waals surface area contributed by atoms with Crippen LogP contribution in [-0.4, -0.2) is 59.5 Å². The summed E-state index contributed by atoms with van der Waals surface area (Å²) in [5, 5.41) is 0.819. The molecule has 0 saturated heterocycles. The number of alkyl halides is 4. The quantitative estimate of drug-likeness (QED) is 0.268. The lowest BCUT2D eigenvalue weighted by Crippen LogP contribution is -2.58. The van der Waals surface area contributed by atoms with Crippen LogP contribution in [0.3, 0.4) is 0 Å². The molecule has 5 aliphatic rings. The molecule has 8 atom stereocenters. The topological polar surface area (TPSA) is 36.9 Å². The van der Waals surface area contributed by atoms with Gasteiger partial charge < -0.3 is 18.9 Å². The van der Waals surface area contributed by atoms with Crippen LogP contribution in [0.1, 0.15) is 12.8 Å². The molecule has 0 aromatic carbocycles. The molecule has 0 aliphatic heterocycles. The predicted molar refractivity (Wildman–Crippen MR) is 128 cm³/mol. The van der Waals surface area contributed by atoms with E-state index in [4.69, 9.17) is 112 Å². The first-order valence-corrected chi connectivity index (χ1v) is 12.9. The van der Waals surface area contributed by atoms with E-state index in [1.54, 1.807) is 0 Å². The molecule has 0 aromatic heterocycles. The Labute approximate surface area is 226 Å². The Bertz CT molecular complexity index is 823. The third-order valence-electron chi connectivity index (χ3n) is 8.76. The maximum atomic E-state index is 7.29. The van der Waals surface area contributed by atoms with Gasteiger partial charge in [0.25, 0.3) is 0 Å². The van der Waals surface area contributed by atoms with E-state index in [0.717, 1.165) is 0 Å². The van der Waals surface area contributed by atoms with Gasteiger partial charge in [0.2, 0.25) is 11.6 Å². The van der Waals surface area contributed by atoms with Crippen LogP contribution in [0.4, 0.5) is 0 Å². The molecule has 180 valence electrons. The average molecular weight is 608 g/mol. The van der Waals surface area contributed by atoms with Gasteiger partial charge >= 0.3 is 0 Å². The van der Waals surface area contributed by atoms with Crippen molar-refractivity contribution in [1.29, 1.82) is 0 Å². The molecule has 0 radical (unpaired) electrons. The first-order valence-electron chi connectivity index (χ1n) is 9.92. The minimum atomic E-state index is -1.50. The SMILES string of the molecule is COC1(OC)[C@@]2(Cl)C(Cl)=C(Cl)[C@]1(Cl)[C@@H]1C[C@H]3[C@@H](C[C@@H]12)[C@@]1(Cl)C(Cl)=C(Cl)[C@]3(Cl)C1(OC)OC. The standard InChI is InChI=1S/C20H20Cl8O4/c1-29-19(30-2)15(25)7-5-9-10(6-8(7)16(19,26)12(22)11(15)21)18(28)14(24)13(23)17(9,27)20(18,31-3)32-4/h7-10H,5-6H2,1-4H3/t7-,8+,9+,10-,15-,16+,17+,18-. The molecule has 12 heteroatoms. The van der Waals surface area contributed by atoms with Crippen molar-refractivity contribution in [1.82, 2.24) is 0 Å². The van der Waals surface area contributed by atoms with Crippen LogP contribution in [0.25, 0.3) is 0 Å². The molecular formula is C20H20Cl8O4. The second-order valence-electron chi connectivity index (χ2n) is 9.05. The highest BCUT2D eigenvalue weighted by Gasteiger charge is 2.90. The summed E-state index contributed by atoms with van der Waals surface area (Å²) < 4.78 is 23.5. The molecule has 5 rings (SSSR count). The van der Waals surface area contributed by atoms with Crippen molar-refractivity contribution in [3.05, 3.63) is 20.1 Å². The first kappa shape index (κ1) is 25.3. The van der Waals surface area contributed by atoms with E-state index < -0.39 is 31.1 Å². The minimum Gasteiger partial charge on any atom is -0.350 e. The molecule has 0 aromatic rings. The molecule has 3 fully saturated rings. The van der Waals surface area contributed by atoms with Crippen molar-refractivity contribution in [2.24, 2.45) is 23.7 Å². The predicted octanol–water partition coefficient (Wildman–Crippen LogP) is 6.57. The number of hydrogen-bond donors (Lipinski definition) is 0. The van der Waals surface area contributed by atoms with E-state index in [1.807, 2.05) is 0 Å². The summed E-state index contributed by atoms with van der Waals surface area (Å²) in [6.45, 7) is 0. The van der Waals surface area contributed by atoms with Gasteiger partial charge in [-0.3, -0.25) is 0 Å². The Hall–Kier alpha value is 1.64. The maximum absolute atomic E-state index is 7.29. The number of hydrogen-bond acceptors (Lipinski definition) is 4. The minimum absolute atomic E-state index is 0.205. The van der Waals surface area contributed by atoms with Crippen molar-refractivity contribution in [3.8, 4) is 0 Å². The van der Waals surface area contributed by atoms with Crippen molar-refractivity contribution in [3.63, 3.8) is 0 Å². The zero-order chi connectivity index (χ0) is 23.9. The molecule has 0 spiro atoms. The molecule has 32 heavy (non-hydrogen) atoms. The number of methoxy groups -OCH3 is 4. The van der Waals surface area contributed by atoms with Gasteiger partial charge in [-0.1, -0.05) is 46.4 Å². The molecule has 3 saturated carbocycles. The third-order valence-corrected chi connectivity index (χ3v) is 14.2. The normalized spacial score (nSPS) is 52.1. The molecule has 0 unspecified atom stereocenters. The molecule has 5 aliphatic carbocycles. The second-order valence-corrected chi connectivity index (χ2v) is 12.9. The largest absolute Gasteiger partial charge is 0.350 e. The van der Waals surface area contributed by atoms with E-state index in [0.29, 0.717) is 12.8 Å². The highest BCUT2D eigenvalue weighted by atomic mass is 35.5. The van der Waals surface area contributed by atoms with E-state index in [2.05, 4.69) is 0 Å². The zero-order valence-electron chi connectivity index (χ0n) is 17.4. The van der Waals surface area contributed by atoms with Crippen molar-refractivity contribution < 1.29 is 18.9 Å². The Kier molecular flexibility index (Phi) is 5.65. The lowest BCUT2D eigenvalue weighted by atomic mass is 9.61. The van der Waals surface area contributed by atoms with Gasteiger partial charge in [0, 0.05) is 28.4 Å². The van der Waals surface area contributed by atoms with Gasteiger partial charge in [0.05, 0.1) is 20.1 Å². The van der Waals surface area contributed by atoms with Crippen LogP contribution in [0.5, 0.6) is 0 Å². The second kappa shape index (κ2) is 7.14. The van der Waals surface area contributed by atoms with Gasteiger partial charge in [0.15, 0.2) is 0 Å². The van der Waals surface area contributed by atoms with Crippen LogP contribution in [0.15, 0.2) is 20.1 Å². The van der Waals surface area contributed by atoms with Gasteiger partial charge in [-0.25, -0.2) is 0 Å². The Morgan fingerprint density at radius 3 is 0.844 bits per heavy atom. The van der Waals surface area contributed by atoms with Gasteiger partial charge in [0.1, 0.15) is 19.5 Å². The average Bonchev–Trinajstić information content (AvgIpc) is 3.19. The fourth-order valence-corrected chi connectivity index (χ4v) is 12.2. The van der Waals surface area contributed by atoms with Crippen molar-refractivity contribution >= 4 is 92.8 Å². The number of ether oxygens (including phenoxy) is 4. The lowest BCUT2D eigenvalue weighted by Gasteiger charge is -2.49. The Morgan fingerprint density at radius 1 is 0.500 bits per heavy atom. The zero-order valence-corrected chi connectivity index (χ0v) is 23.4. The monoisotopic (exact) mass is 604 g/mol. The Balaban J connectivity index is 1.73. The molecular weight excluding hydrogens is 588 g/mol. The fraction of sp³-hybridized carbons (Fsp3) is 0.800. The highest BCUT2D eigenvalue weighted by molar-refractivity contribution is 6.53. The van der Waals surface area contributed by atoms with Gasteiger partial charge in [-0.05, 0) is 36.5 Å². The molecule has 4 bridgehead atoms. The van der Waals surface area contributed by atoms with E-state index in [9.17, 15) is 0 Å². The molecule has 0 N–H and O–H groups in total. The summed E-state index contributed by atoms with van der Waals surface area (Å²) in [6.07, 6.45) is 0.879. The first-order chi connectivity index (χ1) is 14.8. The summed E-state index contributed by atoms with van der Waals surface area (Å²) in [7, 11) is 5.89. The van der Waals surface area contributed by atoms with E-state index in [1.165, 1.54) is 28.4 Å². The summed E-state index contributed by atoms with van der Waals surface area (Å²) in [5.74, 6) is -4.26. The summed E-state index contributed by atoms with van der Waals surface area (Å²) >= 11 is 56.0. The summed E-state index contributed by atoms with van der Waals surface area (Å²) in [6, 6.07) is 0. The van der Waals surface area contributed by atoms with Crippen LogP contribution in [0, 0.1) is 23.7 Å². The van der Waals surface area contributed by atoms with E-state index in [-0.39, 0.29) is 43.8 Å². The van der Waals surface area contributed by atoms with Crippen LogP contribution < -0.4 is 0 Å². The number of fused-ring (bicyclic) bond motifs is 10. The Morgan fingerprint density at radius 2 is 0.688 bits per heavy atom. The molecule has 0 amide bonds. The van der Waals surface area contributed by atoms with Crippen molar-refractivity contribution in [2.45, 2.75) is 43.9 Å². The highest BCUT2D eigenvalue weighted by Crippen LogP contribution is 2.82. The maximum Gasteiger partial charge on any atom is 0.217 e. The van der Waals surface area contributed by atoms with Crippen LogP contribution in [-0.2, 0) is 18.9 Å². The number of rotatable bonds is 4. The lowest BCUT2D eigenvalue weighted by molar-refractivity contribution is -0.224. The summed E-state index contributed by atoms with van der Waals surface area (Å²) in [5.41, 5.74) is 0. The van der Waals surface area contributed by atoms with Gasteiger partial charge in [-0.2, -0.15) is 0 Å². The van der Waals surface area contributed by atoms with Crippen LogP contribution in [0.2, 0.25) is 0 Å². The summed E-state index contributed by atoms with van der Waals surface area (Å²) in [4.78, 5) is -5.37. The van der Waals surface area contributed by atoms with Crippen LogP contribution >= 0.6 is 92.8 Å². The van der Waals surface area contributed by atoms with Crippen molar-refractivity contribution in [2.75, 3.05) is 28.4 Å². The fourth-order valence-electron chi connectivity index (χ4n) is 7.69. The van der Waals surface area contributed by atoms with E-state index >= 15 is 0 Å². The third kappa shape index (κ3) is 2.01. The van der Waals surface area contributed by atoms with Gasteiger partial charge in [-0.15, -0.1) is 46.4 Å². The number of halogens is 8. The smallest absolute Gasteiger partial charge is 0.217 e. The molecule has 4 nitrogen and oxygen atoms in total.